The summed E-state index contributed by atoms with van der Waals surface area (Å²) in [6, 6.07) is 28.7. The van der Waals surface area contributed by atoms with Crippen LogP contribution in [0.25, 0.3) is 33.6 Å². The lowest BCUT2D eigenvalue weighted by atomic mass is 9.98. The number of likely N-dealkylation sites (tertiary alicyclic amines) is 3. The minimum Gasteiger partial charge on any atom is -0.494 e. The van der Waals surface area contributed by atoms with Crippen LogP contribution in [0, 0.1) is 0 Å². The summed E-state index contributed by atoms with van der Waals surface area (Å²) in [5.74, 6) is 0.717. The Labute approximate surface area is 642 Å². The van der Waals surface area contributed by atoms with Crippen LogP contribution in [0.4, 0.5) is 11.6 Å². The SMILES string of the molecule is O=C1CCC(N2C(=O)c3ccc(OCCCCCN4CCC(OC5CN(C6CCN(c7ccn8c(n7)nc7ccccc78)CC6)C5)CC4)cc3C2=O)C(=O)N1.O=C1CCC(N2C(=O)c3ccc(OCCCCCN4CCC(OC5CNC5)CC4)cc3C2=O)C(=O)N1.O=C1CCN(c2ccn3c(n2)nc2ccccc23)CC1. The zero-order valence-corrected chi connectivity index (χ0v) is 62.6. The lowest BCUT2D eigenvalue weighted by Gasteiger charge is -2.48. The molecular formula is C82H96N16O13. The van der Waals surface area contributed by atoms with Crippen LogP contribution >= 0.6 is 0 Å². The van der Waals surface area contributed by atoms with Crippen LogP contribution < -0.4 is 35.2 Å². The largest absolute Gasteiger partial charge is 0.494 e. The van der Waals surface area contributed by atoms with Crippen LogP contribution in [0.15, 0.2) is 109 Å². The highest BCUT2D eigenvalue weighted by Gasteiger charge is 2.47. The zero-order chi connectivity index (χ0) is 76.1. The number of imidazole rings is 2. The number of hydrogen-bond acceptors (Lipinski definition) is 23. The van der Waals surface area contributed by atoms with E-state index in [1.54, 1.807) is 36.4 Å². The molecule has 0 bridgehead atoms. The van der Waals surface area contributed by atoms with Crippen molar-refractivity contribution < 1.29 is 62.1 Å². The van der Waals surface area contributed by atoms with E-state index in [0.29, 0.717) is 79.6 Å². The molecule has 0 radical (unpaired) electrons. The third-order valence-electron chi connectivity index (χ3n) is 23.3. The summed E-state index contributed by atoms with van der Waals surface area (Å²) in [7, 11) is 0. The fourth-order valence-electron chi connectivity index (χ4n) is 16.9. The number of nitrogens with one attached hydrogen (secondary N) is 3. The zero-order valence-electron chi connectivity index (χ0n) is 62.6. The number of unbranched alkanes of at least 4 members (excludes halogenated alkanes) is 4. The van der Waals surface area contributed by atoms with Gasteiger partial charge in [-0.2, -0.15) is 9.97 Å². The molecule has 2 atom stereocenters. The van der Waals surface area contributed by atoms with E-state index in [1.165, 1.54) is 0 Å². The van der Waals surface area contributed by atoms with E-state index in [-0.39, 0.29) is 53.8 Å². The van der Waals surface area contributed by atoms with Crippen LogP contribution in [0.2, 0.25) is 0 Å². The van der Waals surface area contributed by atoms with Crippen molar-refractivity contribution in [3.63, 3.8) is 0 Å². The monoisotopic (exact) mass is 1510 g/mol. The molecule has 111 heavy (non-hydrogen) atoms. The first-order valence-electron chi connectivity index (χ1n) is 39.8. The van der Waals surface area contributed by atoms with E-state index in [2.05, 4.69) is 73.1 Å². The summed E-state index contributed by atoms with van der Waals surface area (Å²) in [6.07, 6.45) is 20.1. The summed E-state index contributed by atoms with van der Waals surface area (Å²) in [4.78, 5) is 143. The Bertz CT molecular complexity index is 4810. The molecule has 14 heterocycles. The van der Waals surface area contributed by atoms with Crippen LogP contribution in [0.5, 0.6) is 11.5 Å². The maximum absolute atomic E-state index is 13.1. The Morgan fingerprint density at radius 2 is 0.865 bits per heavy atom. The Morgan fingerprint density at radius 1 is 0.414 bits per heavy atom. The van der Waals surface area contributed by atoms with Crippen molar-refractivity contribution in [2.45, 2.75) is 158 Å². The number of fused-ring (bicyclic) bond motifs is 8. The first-order chi connectivity index (χ1) is 54.2. The molecule has 18 rings (SSSR count). The molecule has 0 saturated carbocycles. The van der Waals surface area contributed by atoms with Crippen molar-refractivity contribution in [3.05, 3.63) is 132 Å². The number of imide groups is 4. The number of ether oxygens (including phenoxy) is 4. The van der Waals surface area contributed by atoms with Gasteiger partial charge in [0.1, 0.15) is 41.0 Å². The Hall–Kier alpha value is -10.2. The van der Waals surface area contributed by atoms with Gasteiger partial charge in [-0.1, -0.05) is 24.3 Å². The quantitative estimate of drug-likeness (QED) is 0.0437. The molecule has 3 N–H and O–H groups in total. The fourth-order valence-corrected chi connectivity index (χ4v) is 16.9. The number of carbonyl (C=O) groups is 9. The van der Waals surface area contributed by atoms with Crippen molar-refractivity contribution in [3.8, 4) is 11.5 Å². The summed E-state index contributed by atoms with van der Waals surface area (Å²) in [6.45, 7) is 15.1. The number of ketones is 1. The lowest BCUT2D eigenvalue weighted by Crippen LogP contribution is -2.59. The summed E-state index contributed by atoms with van der Waals surface area (Å²) < 4.78 is 28.5. The minimum atomic E-state index is -0.974. The second kappa shape index (κ2) is 33.8. The van der Waals surface area contributed by atoms with Crippen LogP contribution in [-0.2, 0) is 33.4 Å². The maximum Gasteiger partial charge on any atom is 0.262 e. The van der Waals surface area contributed by atoms with E-state index in [4.69, 9.17) is 28.9 Å². The highest BCUT2D eigenvalue weighted by atomic mass is 16.5. The second-order valence-electron chi connectivity index (χ2n) is 30.7. The number of hydrogen-bond donors (Lipinski definition) is 3. The highest BCUT2D eigenvalue weighted by molar-refractivity contribution is 6.24. The Kier molecular flexibility index (Phi) is 22.8. The number of aromatic nitrogens is 6. The molecule has 4 aromatic heterocycles. The molecule has 29 heteroatoms. The van der Waals surface area contributed by atoms with E-state index in [1.807, 2.05) is 59.1 Å². The molecule has 8 fully saturated rings. The topological polar surface area (TPSA) is 310 Å². The van der Waals surface area contributed by atoms with Gasteiger partial charge in [0, 0.05) is 123 Å². The van der Waals surface area contributed by atoms with E-state index < -0.39 is 53.4 Å². The lowest BCUT2D eigenvalue weighted by molar-refractivity contribution is -0.137. The number of amides is 8. The first kappa shape index (κ1) is 74.9. The van der Waals surface area contributed by atoms with Crippen molar-refractivity contribution in [2.75, 3.05) is 115 Å². The summed E-state index contributed by atoms with van der Waals surface area (Å²) >= 11 is 0. The molecule has 582 valence electrons. The molecular weight excluding hydrogens is 1420 g/mol. The number of benzene rings is 4. The molecule has 8 aromatic rings. The third-order valence-corrected chi connectivity index (χ3v) is 23.3. The van der Waals surface area contributed by atoms with Crippen molar-refractivity contribution >= 4 is 98.3 Å². The molecule has 2 unspecified atom stereocenters. The van der Waals surface area contributed by atoms with E-state index in [9.17, 15) is 43.2 Å². The fraction of sp³-hybridized carbons (Fsp3) is 0.500. The third kappa shape index (κ3) is 16.9. The molecule has 8 saturated heterocycles. The average molecular weight is 1510 g/mol. The molecule has 8 amide bonds. The van der Waals surface area contributed by atoms with E-state index >= 15 is 0 Å². The number of anilines is 2. The molecule has 29 nitrogen and oxygen atoms in total. The molecule has 10 aliphatic heterocycles. The van der Waals surface area contributed by atoms with Gasteiger partial charge in [0.15, 0.2) is 0 Å². The minimum absolute atomic E-state index is 0.0930. The van der Waals surface area contributed by atoms with Gasteiger partial charge in [0.25, 0.3) is 23.6 Å². The predicted molar refractivity (Wildman–Crippen MR) is 411 cm³/mol. The van der Waals surface area contributed by atoms with E-state index in [0.717, 1.165) is 218 Å². The number of rotatable bonds is 23. The van der Waals surface area contributed by atoms with Gasteiger partial charge in [-0.05, 0) is 176 Å². The normalized spacial score (nSPS) is 21.5. The first-order valence-corrected chi connectivity index (χ1v) is 39.8. The molecule has 0 spiro atoms. The highest BCUT2D eigenvalue weighted by Crippen LogP contribution is 2.35. The van der Waals surface area contributed by atoms with Crippen molar-refractivity contribution in [2.24, 2.45) is 0 Å². The predicted octanol–water partition coefficient (Wildman–Crippen LogP) is 6.81. The van der Waals surface area contributed by atoms with Crippen LogP contribution in [0.3, 0.4) is 0 Å². The second-order valence-corrected chi connectivity index (χ2v) is 30.7. The number of carbonyl (C=O) groups excluding carboxylic acids is 9. The van der Waals surface area contributed by atoms with Gasteiger partial charge in [0.05, 0.1) is 82.0 Å². The smallest absolute Gasteiger partial charge is 0.262 e. The summed E-state index contributed by atoms with van der Waals surface area (Å²) in [5, 5.41) is 7.67. The van der Waals surface area contributed by atoms with Crippen LogP contribution in [-0.4, -0.2) is 254 Å². The number of Topliss-reactive ketones (excluding diaryl/α,β-unsaturated/α-hetero) is 1. The molecule has 0 aliphatic carbocycles. The number of nitrogens with zero attached hydrogens (tertiary/aromatic N) is 13. The van der Waals surface area contributed by atoms with Gasteiger partial charge in [-0.15, -0.1) is 0 Å². The van der Waals surface area contributed by atoms with Crippen LogP contribution in [0.1, 0.15) is 157 Å². The molecule has 4 aromatic carbocycles. The standard InChI is InChI=1S/C41H48N8O6.C26H34N4O6.C15H14N4O/c50-37-11-10-35(38(51)44-37)49-39(52)31-9-8-29(24-32(31)40(49)53)54-23-5-1-4-17-45-18-14-28(15-19-45)55-30-25-47(26-30)27-12-20-46(21-13-27)36-16-22-48-34-7-3-2-6-33(34)42-41(48)43-36;31-23-7-6-22(24(32)28-23)30-25(33)20-5-4-18(14-21(20)26(30)34)35-13-3-1-2-10-29-11-8-17(9-12-29)36-19-15-27-16-19;20-11-5-8-18(9-6-11)14-7-10-19-13-4-2-1-3-12(13)16-15(19)17-14/h2-3,6-9,16,22,24,27-28,30,35H,1,4-5,10-15,17-21,23,25-26H2,(H,44,50,51);4-5,14,17,19,22,27H,1-3,6-13,15-16H2,(H,28,31,32);1-4,7,10H,5-6,8-9H2. The van der Waals surface area contributed by atoms with Crippen molar-refractivity contribution in [1.29, 1.82) is 0 Å². The Balaban J connectivity index is 0.000000142. The average Bonchev–Trinajstić information content (AvgIpc) is 1.59. The maximum atomic E-state index is 13.1. The van der Waals surface area contributed by atoms with Gasteiger partial charge in [-0.25, -0.2) is 9.97 Å². The number of para-hydroxylation sites is 4. The van der Waals surface area contributed by atoms with Gasteiger partial charge in [-0.3, -0.25) is 77.3 Å². The summed E-state index contributed by atoms with van der Waals surface area (Å²) in [5.41, 5.74) is 5.07. The Morgan fingerprint density at radius 3 is 1.32 bits per heavy atom. The number of piperidine rings is 6. The van der Waals surface area contributed by atoms with Gasteiger partial charge in [0.2, 0.25) is 35.2 Å². The van der Waals surface area contributed by atoms with Crippen molar-refractivity contribution in [1.82, 2.24) is 69.2 Å². The van der Waals surface area contributed by atoms with Gasteiger partial charge < -0.3 is 43.9 Å². The molecule has 10 aliphatic rings. The van der Waals surface area contributed by atoms with Gasteiger partial charge >= 0.3 is 0 Å².